The van der Waals surface area contributed by atoms with Gasteiger partial charge in [-0.15, -0.1) is 11.3 Å². The van der Waals surface area contributed by atoms with E-state index in [0.29, 0.717) is 4.88 Å². The predicted molar refractivity (Wildman–Crippen MR) is 90.5 cm³/mol. The van der Waals surface area contributed by atoms with Gasteiger partial charge in [-0.2, -0.15) is 0 Å². The largest absolute Gasteiger partial charge is 0.339 e. The molecule has 0 bridgehead atoms. The molecule has 4 nitrogen and oxygen atoms in total. The molecular formula is C16H16ClFN2O2S. The second kappa shape index (κ2) is 7.57. The lowest BCUT2D eigenvalue weighted by Gasteiger charge is -2.21. The minimum absolute atomic E-state index is 0.0235. The molecule has 1 atom stereocenters. The van der Waals surface area contributed by atoms with Gasteiger partial charge in [0.1, 0.15) is 11.9 Å². The van der Waals surface area contributed by atoms with Crippen LogP contribution in [0.5, 0.6) is 0 Å². The number of nitrogens with one attached hydrogen (secondary N) is 2. The average molecular weight is 355 g/mol. The van der Waals surface area contributed by atoms with Gasteiger partial charge < -0.3 is 10.6 Å². The molecule has 0 radical (unpaired) electrons. The zero-order valence-electron chi connectivity index (χ0n) is 12.6. The van der Waals surface area contributed by atoms with Crippen molar-refractivity contribution in [1.82, 2.24) is 5.32 Å². The van der Waals surface area contributed by atoms with Gasteiger partial charge in [0, 0.05) is 5.02 Å². The van der Waals surface area contributed by atoms with Gasteiger partial charge in [0.15, 0.2) is 0 Å². The van der Waals surface area contributed by atoms with Crippen molar-refractivity contribution in [3.63, 3.8) is 0 Å². The van der Waals surface area contributed by atoms with Crippen molar-refractivity contribution < 1.29 is 14.0 Å². The van der Waals surface area contributed by atoms with Crippen LogP contribution in [-0.4, -0.2) is 17.9 Å². The summed E-state index contributed by atoms with van der Waals surface area (Å²) in [6.45, 7) is 3.61. The van der Waals surface area contributed by atoms with Gasteiger partial charge in [-0.05, 0) is 35.6 Å². The first kappa shape index (κ1) is 17.4. The number of anilines is 1. The van der Waals surface area contributed by atoms with E-state index in [-0.39, 0.29) is 22.5 Å². The van der Waals surface area contributed by atoms with Crippen molar-refractivity contribution in [2.45, 2.75) is 19.9 Å². The molecule has 1 heterocycles. The van der Waals surface area contributed by atoms with Crippen molar-refractivity contribution in [2.75, 3.05) is 5.32 Å². The van der Waals surface area contributed by atoms with E-state index in [2.05, 4.69) is 10.6 Å². The summed E-state index contributed by atoms with van der Waals surface area (Å²) in [5.74, 6) is -1.59. The summed E-state index contributed by atoms with van der Waals surface area (Å²) in [5, 5.41) is 7.19. The number of amides is 2. The Balaban J connectivity index is 2.10. The third-order valence-corrected chi connectivity index (χ3v) is 4.27. The number of hydrogen-bond acceptors (Lipinski definition) is 3. The maximum atomic E-state index is 13.8. The second-order valence-corrected chi connectivity index (χ2v) is 6.67. The van der Waals surface area contributed by atoms with Crippen LogP contribution in [0, 0.1) is 11.7 Å². The number of rotatable bonds is 5. The topological polar surface area (TPSA) is 58.2 Å². The minimum atomic E-state index is -0.778. The second-order valence-electron chi connectivity index (χ2n) is 5.29. The molecule has 2 amide bonds. The molecule has 2 N–H and O–H groups in total. The fraction of sp³-hybridized carbons (Fsp3) is 0.250. The van der Waals surface area contributed by atoms with Crippen LogP contribution in [0.4, 0.5) is 10.1 Å². The Morgan fingerprint density at radius 3 is 2.57 bits per heavy atom. The highest BCUT2D eigenvalue weighted by atomic mass is 35.5. The molecule has 23 heavy (non-hydrogen) atoms. The SMILES string of the molecule is CC(C)[C@H](NC(=O)c1cccs1)C(=O)Nc1ccc(Cl)cc1F. The fourth-order valence-corrected chi connectivity index (χ4v) is 2.74. The molecule has 0 spiro atoms. The zero-order valence-corrected chi connectivity index (χ0v) is 14.2. The van der Waals surface area contributed by atoms with Crippen molar-refractivity contribution >= 4 is 40.4 Å². The first-order valence-electron chi connectivity index (χ1n) is 6.98. The van der Waals surface area contributed by atoms with Crippen LogP contribution in [0.1, 0.15) is 23.5 Å². The van der Waals surface area contributed by atoms with Gasteiger partial charge in [-0.25, -0.2) is 4.39 Å². The number of carbonyl (C=O) groups is 2. The Morgan fingerprint density at radius 2 is 2.00 bits per heavy atom. The van der Waals surface area contributed by atoms with Gasteiger partial charge in [0.05, 0.1) is 10.6 Å². The van der Waals surface area contributed by atoms with E-state index in [0.717, 1.165) is 6.07 Å². The van der Waals surface area contributed by atoms with E-state index in [1.807, 2.05) is 0 Å². The molecule has 0 aliphatic heterocycles. The van der Waals surface area contributed by atoms with E-state index < -0.39 is 17.8 Å². The molecule has 0 aliphatic carbocycles. The summed E-state index contributed by atoms with van der Waals surface area (Å²) in [6.07, 6.45) is 0. The van der Waals surface area contributed by atoms with Gasteiger partial charge in [-0.1, -0.05) is 31.5 Å². The van der Waals surface area contributed by atoms with Crippen LogP contribution >= 0.6 is 22.9 Å². The van der Waals surface area contributed by atoms with Crippen LogP contribution in [0.2, 0.25) is 5.02 Å². The van der Waals surface area contributed by atoms with E-state index in [9.17, 15) is 14.0 Å². The lowest BCUT2D eigenvalue weighted by molar-refractivity contribution is -0.118. The lowest BCUT2D eigenvalue weighted by Crippen LogP contribution is -2.47. The zero-order chi connectivity index (χ0) is 17.0. The molecule has 0 unspecified atom stereocenters. The summed E-state index contributed by atoms with van der Waals surface area (Å²) in [5.41, 5.74) is 0.0235. The Bertz CT molecular complexity index is 704. The van der Waals surface area contributed by atoms with Crippen LogP contribution < -0.4 is 10.6 Å². The Kier molecular flexibility index (Phi) is 5.74. The lowest BCUT2D eigenvalue weighted by atomic mass is 10.0. The predicted octanol–water partition coefficient (Wildman–Crippen LogP) is 3.93. The van der Waals surface area contributed by atoms with Crippen LogP contribution in [0.3, 0.4) is 0 Å². The molecule has 0 aliphatic rings. The van der Waals surface area contributed by atoms with Gasteiger partial charge in [0.2, 0.25) is 5.91 Å². The Morgan fingerprint density at radius 1 is 1.26 bits per heavy atom. The van der Waals surface area contributed by atoms with Gasteiger partial charge >= 0.3 is 0 Å². The Labute approximate surface area is 142 Å². The molecule has 7 heteroatoms. The maximum absolute atomic E-state index is 13.8. The summed E-state index contributed by atoms with van der Waals surface area (Å²) in [7, 11) is 0. The van der Waals surface area contributed by atoms with Crippen molar-refractivity contribution in [3.05, 3.63) is 51.4 Å². The maximum Gasteiger partial charge on any atom is 0.262 e. The van der Waals surface area contributed by atoms with E-state index in [1.165, 1.54) is 23.5 Å². The normalized spacial score (nSPS) is 12.0. The summed E-state index contributed by atoms with van der Waals surface area (Å²) >= 11 is 6.97. The highest BCUT2D eigenvalue weighted by molar-refractivity contribution is 7.12. The number of halogens is 2. The molecule has 1 aromatic heterocycles. The molecule has 2 aromatic rings. The highest BCUT2D eigenvalue weighted by Crippen LogP contribution is 2.20. The molecule has 0 saturated heterocycles. The summed E-state index contributed by atoms with van der Waals surface area (Å²) < 4.78 is 13.8. The van der Waals surface area contributed by atoms with Crippen LogP contribution in [0.25, 0.3) is 0 Å². The van der Waals surface area contributed by atoms with Gasteiger partial charge in [0.25, 0.3) is 5.91 Å². The van der Waals surface area contributed by atoms with E-state index in [4.69, 9.17) is 11.6 Å². The van der Waals surface area contributed by atoms with Gasteiger partial charge in [-0.3, -0.25) is 9.59 Å². The minimum Gasteiger partial charge on any atom is -0.339 e. The number of thiophene rings is 1. The highest BCUT2D eigenvalue weighted by Gasteiger charge is 2.25. The quantitative estimate of drug-likeness (QED) is 0.854. The molecule has 122 valence electrons. The molecule has 0 saturated carbocycles. The van der Waals surface area contributed by atoms with E-state index >= 15 is 0 Å². The first-order chi connectivity index (χ1) is 10.9. The molecule has 2 rings (SSSR count). The monoisotopic (exact) mass is 354 g/mol. The number of benzene rings is 1. The number of hydrogen-bond donors (Lipinski definition) is 2. The van der Waals surface area contributed by atoms with Crippen molar-refractivity contribution in [2.24, 2.45) is 5.92 Å². The summed E-state index contributed by atoms with van der Waals surface area (Å²) in [6, 6.07) is 6.63. The summed E-state index contributed by atoms with van der Waals surface area (Å²) in [4.78, 5) is 25.0. The van der Waals surface area contributed by atoms with Crippen LogP contribution in [-0.2, 0) is 4.79 Å². The van der Waals surface area contributed by atoms with Crippen LogP contribution in [0.15, 0.2) is 35.7 Å². The fourth-order valence-electron chi connectivity index (χ4n) is 1.96. The average Bonchev–Trinajstić information content (AvgIpc) is 3.01. The molecule has 1 aromatic carbocycles. The van der Waals surface area contributed by atoms with E-state index in [1.54, 1.807) is 31.4 Å². The third-order valence-electron chi connectivity index (χ3n) is 3.17. The first-order valence-corrected chi connectivity index (χ1v) is 8.24. The Hall–Kier alpha value is -1.92. The van der Waals surface area contributed by atoms with Crippen molar-refractivity contribution in [3.8, 4) is 0 Å². The third kappa shape index (κ3) is 4.53. The van der Waals surface area contributed by atoms with Crippen molar-refractivity contribution in [1.29, 1.82) is 0 Å². The standard InChI is InChI=1S/C16H16ClFN2O2S/c1-9(2)14(20-15(21)13-4-3-7-23-13)16(22)19-12-6-5-10(17)8-11(12)18/h3-9,14H,1-2H3,(H,19,22)(H,20,21)/t14-/m0/s1. The smallest absolute Gasteiger partial charge is 0.262 e. The number of carbonyl (C=O) groups excluding carboxylic acids is 2. The molecule has 0 fully saturated rings. The molecular weight excluding hydrogens is 339 g/mol.